The van der Waals surface area contributed by atoms with Crippen LogP contribution >= 0.6 is 0 Å². The van der Waals surface area contributed by atoms with Crippen LogP contribution in [0.15, 0.2) is 54.6 Å². The normalized spacial score (nSPS) is 12.5. The molecule has 0 aromatic heterocycles. The molecule has 0 aliphatic carbocycles. The van der Waals surface area contributed by atoms with Crippen LogP contribution in [0.4, 0.5) is 18.9 Å². The second-order valence-corrected chi connectivity index (χ2v) is 5.14. The smallest absolute Gasteiger partial charge is 0.406 e. The van der Waals surface area contributed by atoms with E-state index in [0.717, 1.165) is 17.7 Å². The predicted octanol–water partition coefficient (Wildman–Crippen LogP) is 4.72. The van der Waals surface area contributed by atoms with E-state index in [1.807, 2.05) is 37.3 Å². The molecular formula is C17H16F3NO2. The molecule has 2 rings (SSSR count). The summed E-state index contributed by atoms with van der Waals surface area (Å²) < 4.78 is 40.0. The molecule has 0 saturated heterocycles. The first-order valence-corrected chi connectivity index (χ1v) is 7.04. The number of anilines is 1. The number of hydrogen-bond donors (Lipinski definition) is 1. The van der Waals surface area contributed by atoms with Crippen LogP contribution in [-0.4, -0.2) is 12.3 Å². The average molecular weight is 323 g/mol. The molecule has 1 N–H and O–H groups in total. The van der Waals surface area contributed by atoms with Gasteiger partial charge in [0.05, 0.1) is 0 Å². The molecule has 0 fully saturated rings. The summed E-state index contributed by atoms with van der Waals surface area (Å²) in [5.41, 5.74) is 1.47. The molecule has 2 aromatic carbocycles. The van der Waals surface area contributed by atoms with Gasteiger partial charge >= 0.3 is 6.36 Å². The molecule has 2 aromatic rings. The van der Waals surface area contributed by atoms with Gasteiger partial charge in [0.1, 0.15) is 5.75 Å². The summed E-state index contributed by atoms with van der Waals surface area (Å²) in [5.74, 6) is -0.483. The van der Waals surface area contributed by atoms with Crippen molar-refractivity contribution in [2.45, 2.75) is 25.6 Å². The fraction of sp³-hybridized carbons (Fsp3) is 0.235. The minimum atomic E-state index is -4.73. The molecule has 3 nitrogen and oxygen atoms in total. The van der Waals surface area contributed by atoms with Crippen molar-refractivity contribution in [1.82, 2.24) is 0 Å². The highest BCUT2D eigenvalue weighted by Gasteiger charge is 2.30. The Kier molecular flexibility index (Phi) is 5.26. The van der Waals surface area contributed by atoms with E-state index in [4.69, 9.17) is 0 Å². The number of carbonyl (C=O) groups is 1. The summed E-state index contributed by atoms with van der Waals surface area (Å²) in [7, 11) is 0. The molecule has 0 aliphatic rings. The first-order chi connectivity index (χ1) is 10.8. The van der Waals surface area contributed by atoms with Crippen molar-refractivity contribution in [3.8, 4) is 5.75 Å². The molecule has 1 amide bonds. The summed E-state index contributed by atoms with van der Waals surface area (Å²) in [4.78, 5) is 12.0. The van der Waals surface area contributed by atoms with Gasteiger partial charge in [0, 0.05) is 12.1 Å². The second-order valence-electron chi connectivity index (χ2n) is 5.14. The van der Waals surface area contributed by atoms with Gasteiger partial charge < -0.3 is 10.1 Å². The Bertz CT molecular complexity index is 639. The van der Waals surface area contributed by atoms with Gasteiger partial charge in [-0.15, -0.1) is 13.2 Å². The number of halogens is 3. The van der Waals surface area contributed by atoms with Crippen molar-refractivity contribution < 1.29 is 22.7 Å². The highest BCUT2D eigenvalue weighted by molar-refractivity contribution is 5.91. The largest absolute Gasteiger partial charge is 0.573 e. The maximum absolute atomic E-state index is 12.1. The van der Waals surface area contributed by atoms with Gasteiger partial charge in [0.25, 0.3) is 0 Å². The van der Waals surface area contributed by atoms with Crippen molar-refractivity contribution in [3.63, 3.8) is 0 Å². The van der Waals surface area contributed by atoms with Gasteiger partial charge in [0.2, 0.25) is 5.91 Å². The topological polar surface area (TPSA) is 38.3 Å². The zero-order valence-electron chi connectivity index (χ0n) is 12.4. The number of hydrogen-bond acceptors (Lipinski definition) is 2. The van der Waals surface area contributed by atoms with Crippen LogP contribution in [-0.2, 0) is 4.79 Å². The third-order valence-corrected chi connectivity index (χ3v) is 3.23. The molecule has 0 radical (unpaired) electrons. The lowest BCUT2D eigenvalue weighted by Crippen LogP contribution is -2.17. The van der Waals surface area contributed by atoms with Crippen LogP contribution < -0.4 is 10.1 Å². The van der Waals surface area contributed by atoms with E-state index < -0.39 is 6.36 Å². The van der Waals surface area contributed by atoms with Crippen LogP contribution in [0.1, 0.15) is 24.8 Å². The molecule has 122 valence electrons. The molecule has 0 heterocycles. The van der Waals surface area contributed by atoms with E-state index in [1.54, 1.807) is 0 Å². The summed E-state index contributed by atoms with van der Waals surface area (Å²) in [6, 6.07) is 14.7. The van der Waals surface area contributed by atoms with Crippen molar-refractivity contribution in [2.24, 2.45) is 0 Å². The fourth-order valence-electron chi connectivity index (χ4n) is 2.13. The molecule has 6 heteroatoms. The van der Waals surface area contributed by atoms with Gasteiger partial charge in [-0.1, -0.05) is 37.3 Å². The van der Waals surface area contributed by atoms with E-state index in [1.165, 1.54) is 12.1 Å². The van der Waals surface area contributed by atoms with Crippen LogP contribution in [0.3, 0.4) is 0 Å². The van der Waals surface area contributed by atoms with Gasteiger partial charge in [-0.3, -0.25) is 4.79 Å². The zero-order valence-corrected chi connectivity index (χ0v) is 12.4. The number of nitrogens with one attached hydrogen (secondary N) is 1. The molecule has 23 heavy (non-hydrogen) atoms. The van der Waals surface area contributed by atoms with E-state index in [-0.39, 0.29) is 24.0 Å². The molecule has 0 bridgehead atoms. The minimum absolute atomic E-state index is 0.0454. The highest BCUT2D eigenvalue weighted by Crippen LogP contribution is 2.24. The van der Waals surface area contributed by atoms with Crippen molar-refractivity contribution in [2.75, 3.05) is 5.32 Å². The van der Waals surface area contributed by atoms with Gasteiger partial charge in [0.15, 0.2) is 0 Å². The monoisotopic (exact) mass is 323 g/mol. The van der Waals surface area contributed by atoms with Crippen LogP contribution in [0.2, 0.25) is 0 Å². The Morgan fingerprint density at radius 3 is 2.26 bits per heavy atom. The maximum atomic E-state index is 12.1. The Morgan fingerprint density at radius 2 is 1.70 bits per heavy atom. The summed E-state index contributed by atoms with van der Waals surface area (Å²) in [6.45, 7) is 1.94. The number of ether oxygens (including phenoxy) is 1. The number of benzene rings is 2. The van der Waals surface area contributed by atoms with Crippen molar-refractivity contribution >= 4 is 11.6 Å². The number of amides is 1. The minimum Gasteiger partial charge on any atom is -0.406 e. The number of rotatable bonds is 5. The van der Waals surface area contributed by atoms with Crippen molar-refractivity contribution in [1.29, 1.82) is 0 Å². The molecular weight excluding hydrogens is 307 g/mol. The van der Waals surface area contributed by atoms with E-state index in [9.17, 15) is 18.0 Å². The highest BCUT2D eigenvalue weighted by atomic mass is 19.4. The Labute approximate surface area is 132 Å². The third-order valence-electron chi connectivity index (χ3n) is 3.23. The van der Waals surface area contributed by atoms with E-state index in [0.29, 0.717) is 5.69 Å². The lowest BCUT2D eigenvalue weighted by Gasteiger charge is -2.13. The fourth-order valence-corrected chi connectivity index (χ4v) is 2.13. The molecule has 1 atom stereocenters. The molecule has 0 spiro atoms. The van der Waals surface area contributed by atoms with E-state index in [2.05, 4.69) is 10.1 Å². The molecule has 0 unspecified atom stereocenters. The Hall–Kier alpha value is -2.50. The standard InChI is InChI=1S/C17H16F3NO2/c1-12(13-5-3-2-4-6-13)11-16(22)21-14-7-9-15(10-8-14)23-17(18,19)20/h2-10,12H,11H2,1H3,(H,21,22)/t12-/m1/s1. The van der Waals surface area contributed by atoms with Gasteiger partial charge in [-0.05, 0) is 35.7 Å². The quantitative estimate of drug-likeness (QED) is 0.865. The predicted molar refractivity (Wildman–Crippen MR) is 81.2 cm³/mol. The third kappa shape index (κ3) is 5.65. The van der Waals surface area contributed by atoms with Crippen LogP contribution in [0.25, 0.3) is 0 Å². The van der Waals surface area contributed by atoms with Crippen LogP contribution in [0, 0.1) is 0 Å². The Balaban J connectivity index is 1.90. The summed E-state index contributed by atoms with van der Waals surface area (Å²) >= 11 is 0. The van der Waals surface area contributed by atoms with Gasteiger partial charge in [-0.25, -0.2) is 0 Å². The Morgan fingerprint density at radius 1 is 1.09 bits per heavy atom. The second kappa shape index (κ2) is 7.17. The maximum Gasteiger partial charge on any atom is 0.573 e. The SMILES string of the molecule is C[C@H](CC(=O)Nc1ccc(OC(F)(F)F)cc1)c1ccccc1. The van der Waals surface area contributed by atoms with E-state index >= 15 is 0 Å². The lowest BCUT2D eigenvalue weighted by molar-refractivity contribution is -0.274. The lowest BCUT2D eigenvalue weighted by atomic mass is 9.97. The molecule has 0 aliphatic heterocycles. The summed E-state index contributed by atoms with van der Waals surface area (Å²) in [6.07, 6.45) is -4.44. The van der Waals surface area contributed by atoms with Crippen LogP contribution in [0.5, 0.6) is 5.75 Å². The summed E-state index contributed by atoms with van der Waals surface area (Å²) in [5, 5.41) is 2.66. The number of alkyl halides is 3. The van der Waals surface area contributed by atoms with Crippen molar-refractivity contribution in [3.05, 3.63) is 60.2 Å². The zero-order chi connectivity index (χ0) is 16.9. The number of carbonyl (C=O) groups excluding carboxylic acids is 1. The molecule has 0 saturated carbocycles. The first kappa shape index (κ1) is 16.9. The van der Waals surface area contributed by atoms with Gasteiger partial charge in [-0.2, -0.15) is 0 Å². The first-order valence-electron chi connectivity index (χ1n) is 7.04. The average Bonchev–Trinajstić information content (AvgIpc) is 2.48.